The first kappa shape index (κ1) is 20.5. The van der Waals surface area contributed by atoms with Crippen LogP contribution >= 0.6 is 35.1 Å². The number of rotatable bonds is 8. The Kier molecular flexibility index (Phi) is 9.43. The van der Waals surface area contributed by atoms with Crippen LogP contribution in [0.1, 0.15) is 6.42 Å². The molecule has 0 saturated carbocycles. The Morgan fingerprint density at radius 2 is 1.88 bits per heavy atom. The zero-order valence-corrected chi connectivity index (χ0v) is 15.4. The van der Waals surface area contributed by atoms with E-state index >= 15 is 0 Å². The minimum Gasteiger partial charge on any atom is -0.352 e. The Hall–Kier alpha value is -1.58. The second kappa shape index (κ2) is 11.1. The van der Waals surface area contributed by atoms with E-state index in [9.17, 15) is 14.4 Å². The van der Waals surface area contributed by atoms with Gasteiger partial charge in [0.15, 0.2) is 0 Å². The molecule has 0 saturated heterocycles. The summed E-state index contributed by atoms with van der Waals surface area (Å²) in [5.74, 6) is -0.0991. The number of primary amides is 1. The maximum Gasteiger partial charge on any atom is 0.312 e. The number of nitrogens with two attached hydrogens (primary N) is 1. The first-order valence-corrected chi connectivity index (χ1v) is 9.70. The summed E-state index contributed by atoms with van der Waals surface area (Å²) in [5.41, 5.74) is 9.64. The minimum absolute atomic E-state index is 0.126. The van der Waals surface area contributed by atoms with Gasteiger partial charge in [-0.25, -0.2) is 4.79 Å². The maximum atomic E-state index is 12.0. The predicted molar refractivity (Wildman–Crippen MR) is 98.0 cm³/mol. The second-order valence-electron chi connectivity index (χ2n) is 4.62. The van der Waals surface area contributed by atoms with Gasteiger partial charge in [0, 0.05) is 9.92 Å². The van der Waals surface area contributed by atoms with Crippen molar-refractivity contribution in [3.05, 3.63) is 29.3 Å². The topological polar surface area (TPSA) is 113 Å². The van der Waals surface area contributed by atoms with Crippen molar-refractivity contribution < 1.29 is 14.4 Å². The van der Waals surface area contributed by atoms with Crippen molar-refractivity contribution in [3.63, 3.8) is 0 Å². The third-order valence-corrected chi connectivity index (χ3v) is 4.66. The molecule has 1 unspecified atom stereocenters. The summed E-state index contributed by atoms with van der Waals surface area (Å²) in [6.45, 7) is 0. The molecule has 10 heteroatoms. The van der Waals surface area contributed by atoms with Crippen molar-refractivity contribution in [1.82, 2.24) is 16.2 Å². The number of benzene rings is 1. The molecule has 132 valence electrons. The summed E-state index contributed by atoms with van der Waals surface area (Å²) < 4.78 is 0. The Morgan fingerprint density at radius 1 is 1.21 bits per heavy atom. The van der Waals surface area contributed by atoms with Gasteiger partial charge in [-0.3, -0.25) is 20.4 Å². The zero-order valence-electron chi connectivity index (χ0n) is 13.0. The number of urea groups is 1. The summed E-state index contributed by atoms with van der Waals surface area (Å²) in [4.78, 5) is 35.5. The summed E-state index contributed by atoms with van der Waals surface area (Å²) in [7, 11) is 0. The third-order valence-electron chi connectivity index (χ3n) is 2.75. The minimum atomic E-state index is -0.792. The van der Waals surface area contributed by atoms with Gasteiger partial charge in [-0.15, -0.1) is 11.8 Å². The second-order valence-corrected chi connectivity index (χ2v) is 7.09. The fourth-order valence-electron chi connectivity index (χ4n) is 1.61. The van der Waals surface area contributed by atoms with Gasteiger partial charge < -0.3 is 11.1 Å². The largest absolute Gasteiger partial charge is 0.352 e. The Labute approximate surface area is 153 Å². The molecule has 1 atom stereocenters. The van der Waals surface area contributed by atoms with E-state index in [1.54, 1.807) is 24.3 Å². The van der Waals surface area contributed by atoms with Crippen LogP contribution in [0.15, 0.2) is 29.2 Å². The standard InChI is InChI=1S/C14H19ClN4O3S2/c1-23-7-6-11(17-14(16)22)13(21)19-18-12(20)8-24-10-4-2-9(15)3-5-10/h2-5,11H,6-8H2,1H3,(H,18,20)(H,19,21)(H3,16,17,22). The number of nitrogens with one attached hydrogen (secondary N) is 3. The number of thioether (sulfide) groups is 2. The van der Waals surface area contributed by atoms with Crippen LogP contribution in [0.25, 0.3) is 0 Å². The number of carbonyl (C=O) groups is 3. The molecular formula is C14H19ClN4O3S2. The normalized spacial score (nSPS) is 11.4. The summed E-state index contributed by atoms with van der Waals surface area (Å²) in [6.07, 6.45) is 2.29. The summed E-state index contributed by atoms with van der Waals surface area (Å²) in [5, 5.41) is 2.97. The number of amides is 4. The highest BCUT2D eigenvalue weighted by Crippen LogP contribution is 2.19. The highest BCUT2D eigenvalue weighted by atomic mass is 35.5. The molecule has 1 rings (SSSR count). The number of hydrogen-bond donors (Lipinski definition) is 4. The average molecular weight is 391 g/mol. The first-order chi connectivity index (χ1) is 11.4. The lowest BCUT2D eigenvalue weighted by Gasteiger charge is -2.17. The molecule has 7 nitrogen and oxygen atoms in total. The van der Waals surface area contributed by atoms with Crippen molar-refractivity contribution in [3.8, 4) is 0 Å². The van der Waals surface area contributed by atoms with Gasteiger partial charge in [0.1, 0.15) is 6.04 Å². The van der Waals surface area contributed by atoms with E-state index in [2.05, 4.69) is 16.2 Å². The van der Waals surface area contributed by atoms with E-state index in [0.717, 1.165) is 4.90 Å². The van der Waals surface area contributed by atoms with Crippen molar-refractivity contribution >= 4 is 53.0 Å². The smallest absolute Gasteiger partial charge is 0.312 e. The zero-order chi connectivity index (χ0) is 17.9. The number of hydrogen-bond acceptors (Lipinski definition) is 5. The van der Waals surface area contributed by atoms with Crippen LogP contribution in [-0.2, 0) is 9.59 Å². The van der Waals surface area contributed by atoms with Gasteiger partial charge in [0.05, 0.1) is 5.75 Å². The lowest BCUT2D eigenvalue weighted by molar-refractivity contribution is -0.128. The van der Waals surface area contributed by atoms with Crippen molar-refractivity contribution in [2.24, 2.45) is 5.73 Å². The van der Waals surface area contributed by atoms with Gasteiger partial charge in [0.2, 0.25) is 5.91 Å². The lowest BCUT2D eigenvalue weighted by Crippen LogP contribution is -2.53. The average Bonchev–Trinajstić information content (AvgIpc) is 2.55. The molecule has 1 aromatic rings. The molecule has 0 aromatic heterocycles. The maximum absolute atomic E-state index is 12.0. The predicted octanol–water partition coefficient (Wildman–Crippen LogP) is 1.37. The van der Waals surface area contributed by atoms with E-state index in [-0.39, 0.29) is 11.7 Å². The molecule has 0 heterocycles. The Morgan fingerprint density at radius 3 is 2.46 bits per heavy atom. The van der Waals surface area contributed by atoms with Crippen LogP contribution in [0.2, 0.25) is 5.02 Å². The van der Waals surface area contributed by atoms with Crippen molar-refractivity contribution in [2.45, 2.75) is 17.4 Å². The van der Waals surface area contributed by atoms with Crippen molar-refractivity contribution in [2.75, 3.05) is 17.8 Å². The van der Waals surface area contributed by atoms with Crippen LogP contribution in [0.4, 0.5) is 4.79 Å². The van der Waals surface area contributed by atoms with Gasteiger partial charge >= 0.3 is 6.03 Å². The van der Waals surface area contributed by atoms with E-state index < -0.39 is 18.0 Å². The van der Waals surface area contributed by atoms with Gasteiger partial charge in [0.25, 0.3) is 5.91 Å². The summed E-state index contributed by atoms with van der Waals surface area (Å²) in [6, 6.07) is 5.48. The van der Waals surface area contributed by atoms with Crippen LogP contribution < -0.4 is 21.9 Å². The molecular weight excluding hydrogens is 372 g/mol. The van der Waals surface area contributed by atoms with E-state index in [4.69, 9.17) is 17.3 Å². The molecule has 0 radical (unpaired) electrons. The SMILES string of the molecule is CSCCC(NC(N)=O)C(=O)NNC(=O)CSc1ccc(Cl)cc1. The quantitative estimate of drug-likeness (QED) is 0.395. The third kappa shape index (κ3) is 8.32. The first-order valence-electron chi connectivity index (χ1n) is 6.94. The van der Waals surface area contributed by atoms with Crippen molar-refractivity contribution in [1.29, 1.82) is 0 Å². The molecule has 0 fully saturated rings. The Balaban J connectivity index is 2.38. The van der Waals surface area contributed by atoms with E-state index in [0.29, 0.717) is 17.2 Å². The highest BCUT2D eigenvalue weighted by molar-refractivity contribution is 8.00. The molecule has 24 heavy (non-hydrogen) atoms. The monoisotopic (exact) mass is 390 g/mol. The van der Waals surface area contributed by atoms with Gasteiger partial charge in [-0.2, -0.15) is 11.8 Å². The molecule has 0 aliphatic carbocycles. The van der Waals surface area contributed by atoms with Gasteiger partial charge in [-0.1, -0.05) is 11.6 Å². The lowest BCUT2D eigenvalue weighted by atomic mass is 10.2. The number of halogens is 1. The fourth-order valence-corrected chi connectivity index (χ4v) is 2.91. The summed E-state index contributed by atoms with van der Waals surface area (Å²) >= 11 is 8.62. The molecule has 0 aliphatic heterocycles. The molecule has 0 aliphatic rings. The Bertz CT molecular complexity index is 572. The van der Waals surface area contributed by atoms with E-state index in [1.807, 2.05) is 6.26 Å². The molecule has 5 N–H and O–H groups in total. The fraction of sp³-hybridized carbons (Fsp3) is 0.357. The molecule has 0 spiro atoms. The van der Waals surface area contributed by atoms with Crippen LogP contribution in [-0.4, -0.2) is 41.6 Å². The number of hydrazine groups is 1. The van der Waals surface area contributed by atoms with Gasteiger partial charge in [-0.05, 0) is 42.7 Å². The van der Waals surface area contributed by atoms with Crippen LogP contribution in [0.3, 0.4) is 0 Å². The van der Waals surface area contributed by atoms with Crippen LogP contribution in [0.5, 0.6) is 0 Å². The van der Waals surface area contributed by atoms with Crippen LogP contribution in [0, 0.1) is 0 Å². The molecule has 4 amide bonds. The molecule has 1 aromatic carbocycles. The molecule has 0 bridgehead atoms. The van der Waals surface area contributed by atoms with E-state index in [1.165, 1.54) is 23.5 Å². The highest BCUT2D eigenvalue weighted by Gasteiger charge is 2.19. The number of carbonyl (C=O) groups excluding carboxylic acids is 3.